The van der Waals surface area contributed by atoms with Crippen LogP contribution in [-0.2, 0) is 27.8 Å². The second-order valence-corrected chi connectivity index (χ2v) is 20.8. The average molecular weight is 849 g/mol. The molecule has 2 nitrogen and oxygen atoms in total. The Morgan fingerprint density at radius 1 is 0.371 bits per heavy atom. The fourth-order valence-electron chi connectivity index (χ4n) is 8.66. The third-order valence-corrected chi connectivity index (χ3v) is 12.3. The maximum atomic E-state index is 16.5. The SMILES string of the molecule is CC(C)(C)c1ccc2c(c1)c1cc(C(C)(C)C)ccc1n2-c1cc(-c2c(F)cc(F)c(F)c2F)cc(-n2c3ccc(C(C)(C)C)cc3c3cc(C(C)(C)C)ccc32)c1C(F)(F)F. The molecule has 322 valence electrons. The molecule has 0 N–H and O–H groups in total. The largest absolute Gasteiger partial charge is 0.420 e. The van der Waals surface area contributed by atoms with Crippen LogP contribution in [0.5, 0.6) is 0 Å². The van der Waals surface area contributed by atoms with Gasteiger partial charge in [0.25, 0.3) is 0 Å². The first kappa shape index (κ1) is 43.1. The number of hydrogen-bond acceptors (Lipinski definition) is 0. The zero-order chi connectivity index (χ0) is 45.4. The van der Waals surface area contributed by atoms with E-state index in [2.05, 4.69) is 83.1 Å². The normalized spacial score (nSPS) is 13.4. The predicted molar refractivity (Wildman–Crippen MR) is 240 cm³/mol. The Morgan fingerprint density at radius 3 is 0.952 bits per heavy atom. The lowest BCUT2D eigenvalue weighted by molar-refractivity contribution is -0.137. The number of nitrogens with zero attached hydrogens (tertiary/aromatic N) is 2. The van der Waals surface area contributed by atoms with Gasteiger partial charge in [-0.2, -0.15) is 13.2 Å². The van der Waals surface area contributed by atoms with E-state index in [0.29, 0.717) is 43.6 Å². The van der Waals surface area contributed by atoms with Crippen molar-refractivity contribution >= 4 is 43.6 Å². The van der Waals surface area contributed by atoms with Crippen LogP contribution in [0.3, 0.4) is 0 Å². The number of rotatable bonds is 3. The van der Waals surface area contributed by atoms with Gasteiger partial charge in [-0.1, -0.05) is 107 Å². The summed E-state index contributed by atoms with van der Waals surface area (Å²) >= 11 is 0. The van der Waals surface area contributed by atoms with Crippen LogP contribution in [0.15, 0.2) is 91.0 Å². The number of aromatic nitrogens is 2. The Labute approximate surface area is 358 Å². The van der Waals surface area contributed by atoms with Crippen LogP contribution in [0, 0.1) is 23.3 Å². The first-order valence-corrected chi connectivity index (χ1v) is 20.8. The minimum atomic E-state index is -5.06. The molecule has 8 rings (SSSR count). The zero-order valence-corrected chi connectivity index (χ0v) is 37.2. The average Bonchev–Trinajstić information content (AvgIpc) is 3.66. The van der Waals surface area contributed by atoms with E-state index in [1.165, 1.54) is 9.13 Å². The number of hydrogen-bond donors (Lipinski definition) is 0. The highest BCUT2D eigenvalue weighted by Gasteiger charge is 2.40. The van der Waals surface area contributed by atoms with Crippen molar-refractivity contribution in [2.75, 3.05) is 0 Å². The summed E-state index contributed by atoms with van der Waals surface area (Å²) in [5.41, 5.74) is 0.905. The quantitative estimate of drug-likeness (QED) is 0.0952. The molecule has 0 radical (unpaired) electrons. The van der Waals surface area contributed by atoms with Gasteiger partial charge in [0, 0.05) is 27.6 Å². The van der Waals surface area contributed by atoms with E-state index in [4.69, 9.17) is 0 Å². The van der Waals surface area contributed by atoms with Gasteiger partial charge >= 0.3 is 6.18 Å². The summed E-state index contributed by atoms with van der Waals surface area (Å²) in [4.78, 5) is 0. The summed E-state index contributed by atoms with van der Waals surface area (Å²) < 4.78 is 114. The van der Waals surface area contributed by atoms with E-state index in [9.17, 15) is 4.39 Å². The molecule has 0 bridgehead atoms. The highest BCUT2D eigenvalue weighted by molar-refractivity contribution is 6.12. The van der Waals surface area contributed by atoms with Gasteiger partial charge in [-0.25, -0.2) is 17.6 Å². The summed E-state index contributed by atoms with van der Waals surface area (Å²) in [5, 5.41) is 2.74. The fourth-order valence-corrected chi connectivity index (χ4v) is 8.66. The highest BCUT2D eigenvalue weighted by Crippen LogP contribution is 2.48. The van der Waals surface area contributed by atoms with Crippen molar-refractivity contribution in [2.24, 2.45) is 0 Å². The standard InChI is InChI=1S/C53H51F7N2/c1-49(2,3)29-13-17-39-33(23-29)34-24-30(50(4,5)6)14-18-40(34)61(39)43-21-28(45-37(54)27-38(55)47(56)48(45)57)22-44(46(43)53(58,59)60)62-41-19-15-31(51(7,8)9)25-35(41)36-26-32(52(10,11)12)16-20-42(36)62/h13-27H,1-12H3. The second-order valence-electron chi connectivity index (χ2n) is 20.8. The van der Waals surface area contributed by atoms with Crippen LogP contribution in [-0.4, -0.2) is 9.13 Å². The lowest BCUT2D eigenvalue weighted by Gasteiger charge is -2.24. The lowest BCUT2D eigenvalue weighted by Crippen LogP contribution is -2.17. The van der Waals surface area contributed by atoms with Gasteiger partial charge in [0.05, 0.1) is 39.0 Å². The van der Waals surface area contributed by atoms with E-state index in [1.807, 2.05) is 48.5 Å². The number of alkyl halides is 3. The van der Waals surface area contributed by atoms with Crippen molar-refractivity contribution < 1.29 is 30.7 Å². The first-order valence-electron chi connectivity index (χ1n) is 20.8. The monoisotopic (exact) mass is 848 g/mol. The van der Waals surface area contributed by atoms with E-state index in [0.717, 1.165) is 34.4 Å². The molecule has 8 aromatic rings. The van der Waals surface area contributed by atoms with Crippen LogP contribution in [0.1, 0.15) is 111 Å². The maximum absolute atomic E-state index is 16.5. The lowest BCUT2D eigenvalue weighted by atomic mass is 9.85. The van der Waals surface area contributed by atoms with Gasteiger partial charge in [0.1, 0.15) is 11.4 Å². The molecule has 0 saturated heterocycles. The van der Waals surface area contributed by atoms with Gasteiger partial charge in [0.2, 0.25) is 0 Å². The number of benzene rings is 6. The van der Waals surface area contributed by atoms with Crippen LogP contribution in [0.25, 0.3) is 66.1 Å². The van der Waals surface area contributed by atoms with Crippen LogP contribution >= 0.6 is 0 Å². The molecule has 2 aromatic heterocycles. The van der Waals surface area contributed by atoms with Crippen molar-refractivity contribution in [1.29, 1.82) is 0 Å². The smallest absolute Gasteiger partial charge is 0.309 e. The molecule has 2 heterocycles. The summed E-state index contributed by atoms with van der Waals surface area (Å²) in [5.74, 6) is -7.00. The summed E-state index contributed by atoms with van der Waals surface area (Å²) in [7, 11) is 0. The summed E-state index contributed by atoms with van der Waals surface area (Å²) in [6, 6.07) is 24.9. The maximum Gasteiger partial charge on any atom is 0.420 e. The van der Waals surface area contributed by atoms with Crippen molar-refractivity contribution in [3.63, 3.8) is 0 Å². The Morgan fingerprint density at radius 2 is 0.677 bits per heavy atom. The molecule has 0 fully saturated rings. The third-order valence-electron chi connectivity index (χ3n) is 12.3. The summed E-state index contributed by atoms with van der Waals surface area (Å²) in [6.45, 7) is 24.6. The second kappa shape index (κ2) is 14.0. The van der Waals surface area contributed by atoms with Gasteiger partial charge < -0.3 is 9.13 Å². The molecule has 0 aliphatic carbocycles. The molecule has 0 spiro atoms. The minimum Gasteiger partial charge on any atom is -0.309 e. The van der Waals surface area contributed by atoms with Gasteiger partial charge in [0.15, 0.2) is 17.5 Å². The summed E-state index contributed by atoms with van der Waals surface area (Å²) in [6.07, 6.45) is -5.06. The van der Waals surface area contributed by atoms with Crippen molar-refractivity contribution in [3.8, 4) is 22.5 Å². The minimum absolute atomic E-state index is 0.218. The van der Waals surface area contributed by atoms with Gasteiger partial charge in [-0.3, -0.25) is 0 Å². The van der Waals surface area contributed by atoms with E-state index < -0.39 is 57.5 Å². The number of fused-ring (bicyclic) bond motifs is 6. The van der Waals surface area contributed by atoms with E-state index in [-0.39, 0.29) is 27.7 Å². The van der Waals surface area contributed by atoms with Gasteiger partial charge in [-0.15, -0.1) is 0 Å². The third kappa shape index (κ3) is 7.05. The van der Waals surface area contributed by atoms with Crippen molar-refractivity contribution in [1.82, 2.24) is 9.13 Å². The molecule has 0 aliphatic heterocycles. The van der Waals surface area contributed by atoms with Crippen molar-refractivity contribution in [2.45, 2.75) is 111 Å². The molecule has 0 aliphatic rings. The van der Waals surface area contributed by atoms with Crippen LogP contribution < -0.4 is 0 Å². The molecular weight excluding hydrogens is 798 g/mol. The molecule has 9 heteroatoms. The Balaban J connectivity index is 1.62. The molecule has 0 atom stereocenters. The van der Waals surface area contributed by atoms with E-state index >= 15 is 26.3 Å². The fraction of sp³-hybridized carbons (Fsp3) is 0.321. The molecule has 6 aromatic carbocycles. The zero-order valence-electron chi connectivity index (χ0n) is 37.2. The van der Waals surface area contributed by atoms with E-state index in [1.54, 1.807) is 24.3 Å². The van der Waals surface area contributed by atoms with Crippen molar-refractivity contribution in [3.05, 3.63) is 142 Å². The predicted octanol–water partition coefficient (Wildman–Crippen LogP) is 16.3. The molecule has 0 unspecified atom stereocenters. The van der Waals surface area contributed by atoms with Crippen LogP contribution in [0.4, 0.5) is 30.7 Å². The molecule has 0 saturated carbocycles. The molecule has 62 heavy (non-hydrogen) atoms. The van der Waals surface area contributed by atoms with Crippen LogP contribution in [0.2, 0.25) is 0 Å². The Hall–Kier alpha value is -5.57. The number of halogens is 7. The highest BCUT2D eigenvalue weighted by atomic mass is 19.4. The first-order chi connectivity index (χ1) is 28.6. The Bertz CT molecular complexity index is 2820. The van der Waals surface area contributed by atoms with Gasteiger partial charge in [-0.05, 0) is 110 Å². The molecular formula is C53H51F7N2. The topological polar surface area (TPSA) is 9.86 Å². The molecule has 0 amide bonds. The Kier molecular flexibility index (Phi) is 9.71.